The third-order valence-electron chi connectivity index (χ3n) is 3.85. The van der Waals surface area contributed by atoms with Crippen LogP contribution in [0.3, 0.4) is 0 Å². The molecule has 0 atom stereocenters. The molecule has 1 amide bonds. The Morgan fingerprint density at radius 1 is 1.00 bits per heavy atom. The van der Waals surface area contributed by atoms with E-state index in [9.17, 15) is 4.79 Å². The molecule has 1 aromatic heterocycles. The van der Waals surface area contributed by atoms with Gasteiger partial charge < -0.3 is 4.74 Å². The molecule has 2 aromatic carbocycles. The molecule has 0 spiro atoms. The van der Waals surface area contributed by atoms with E-state index in [4.69, 9.17) is 4.74 Å². The fourth-order valence-corrected chi connectivity index (χ4v) is 2.53. The normalized spacial score (nSPS) is 11.4. The maximum absolute atomic E-state index is 12.2. The number of pyridine rings is 1. The van der Waals surface area contributed by atoms with E-state index in [0.717, 1.165) is 27.7 Å². The predicted octanol–water partition coefficient (Wildman–Crippen LogP) is 5.27. The molecule has 0 aliphatic carbocycles. The highest BCUT2D eigenvalue weighted by Crippen LogP contribution is 2.25. The molecule has 25 heavy (non-hydrogen) atoms. The number of carbonyl (C=O) groups excluding carboxylic acids is 1. The summed E-state index contributed by atoms with van der Waals surface area (Å²) in [5.74, 6) is 0. The number of amides is 1. The minimum absolute atomic E-state index is 0.371. The average molecular weight is 334 g/mol. The van der Waals surface area contributed by atoms with Crippen molar-refractivity contribution < 1.29 is 9.53 Å². The first-order valence-electron chi connectivity index (χ1n) is 8.25. The van der Waals surface area contributed by atoms with Crippen molar-refractivity contribution in [3.8, 4) is 11.3 Å². The quantitative estimate of drug-likeness (QED) is 0.641. The van der Waals surface area contributed by atoms with Crippen molar-refractivity contribution >= 4 is 22.6 Å². The Labute approximate surface area is 148 Å². The lowest BCUT2D eigenvalue weighted by Crippen LogP contribution is -2.34. The van der Waals surface area contributed by atoms with Gasteiger partial charge in [0.15, 0.2) is 0 Å². The van der Waals surface area contributed by atoms with Crippen LogP contribution in [-0.2, 0) is 4.74 Å². The molecule has 0 saturated carbocycles. The summed E-state index contributed by atoms with van der Waals surface area (Å²) in [5, 5.41) is 2.27. The molecule has 0 saturated heterocycles. The van der Waals surface area contributed by atoms with E-state index >= 15 is 0 Å². The summed E-state index contributed by atoms with van der Waals surface area (Å²) in [7, 11) is 1.71. The summed E-state index contributed by atoms with van der Waals surface area (Å²) in [4.78, 5) is 18.2. The molecule has 4 heteroatoms. The number of hydrogen-bond donors (Lipinski definition) is 0. The zero-order valence-corrected chi connectivity index (χ0v) is 15.0. The smallest absolute Gasteiger partial charge is 0.414 e. The van der Waals surface area contributed by atoms with E-state index in [-0.39, 0.29) is 6.09 Å². The van der Waals surface area contributed by atoms with Gasteiger partial charge in [0.05, 0.1) is 5.69 Å². The number of nitrogens with zero attached hydrogens (tertiary/aromatic N) is 2. The van der Waals surface area contributed by atoms with Crippen LogP contribution in [0.15, 0.2) is 60.8 Å². The van der Waals surface area contributed by atoms with Gasteiger partial charge in [0.2, 0.25) is 0 Å². The van der Waals surface area contributed by atoms with Crippen LogP contribution in [0.2, 0.25) is 0 Å². The van der Waals surface area contributed by atoms with Gasteiger partial charge in [0.25, 0.3) is 0 Å². The SMILES string of the molecule is CN(C(=O)OC(C)(C)C)c1ccc(-c2cc3ccccc3cn2)cc1. The van der Waals surface area contributed by atoms with E-state index in [1.165, 1.54) is 4.90 Å². The molecular formula is C21H22N2O2. The molecule has 0 radical (unpaired) electrons. The number of hydrogen-bond acceptors (Lipinski definition) is 3. The topological polar surface area (TPSA) is 42.4 Å². The molecule has 1 heterocycles. The number of benzene rings is 2. The summed E-state index contributed by atoms with van der Waals surface area (Å²) in [6.07, 6.45) is 1.51. The standard InChI is InChI=1S/C21H22N2O2/c1-21(2,3)25-20(24)23(4)18-11-9-15(10-12-18)19-13-16-7-5-6-8-17(16)14-22-19/h5-14H,1-4H3. The number of anilines is 1. The molecule has 0 bridgehead atoms. The summed E-state index contributed by atoms with van der Waals surface area (Å²) in [5.41, 5.74) is 2.18. The molecule has 128 valence electrons. The number of aromatic nitrogens is 1. The van der Waals surface area contributed by atoms with Crippen LogP contribution >= 0.6 is 0 Å². The Balaban J connectivity index is 1.82. The third-order valence-corrected chi connectivity index (χ3v) is 3.85. The maximum atomic E-state index is 12.2. The highest BCUT2D eigenvalue weighted by molar-refractivity contribution is 5.88. The first kappa shape index (κ1) is 17.0. The summed E-state index contributed by atoms with van der Waals surface area (Å²) >= 11 is 0. The average Bonchev–Trinajstić information content (AvgIpc) is 2.59. The molecule has 0 aliphatic rings. The van der Waals surface area contributed by atoms with Crippen LogP contribution in [0.25, 0.3) is 22.0 Å². The van der Waals surface area contributed by atoms with Crippen molar-refractivity contribution in [2.24, 2.45) is 0 Å². The minimum Gasteiger partial charge on any atom is -0.443 e. The number of fused-ring (bicyclic) bond motifs is 1. The van der Waals surface area contributed by atoms with Crippen LogP contribution in [0.4, 0.5) is 10.5 Å². The lowest BCUT2D eigenvalue weighted by Gasteiger charge is -2.24. The lowest BCUT2D eigenvalue weighted by molar-refractivity contribution is 0.0589. The monoisotopic (exact) mass is 334 g/mol. The molecule has 0 unspecified atom stereocenters. The van der Waals surface area contributed by atoms with Crippen molar-refractivity contribution in [1.29, 1.82) is 0 Å². The van der Waals surface area contributed by atoms with Gasteiger partial charge in [-0.15, -0.1) is 0 Å². The van der Waals surface area contributed by atoms with Crippen molar-refractivity contribution in [3.63, 3.8) is 0 Å². The van der Waals surface area contributed by atoms with Gasteiger partial charge in [-0.05, 0) is 44.4 Å². The van der Waals surface area contributed by atoms with Crippen LogP contribution in [0, 0.1) is 0 Å². The number of carbonyl (C=O) groups is 1. The molecular weight excluding hydrogens is 312 g/mol. The van der Waals surface area contributed by atoms with Gasteiger partial charge in [-0.3, -0.25) is 9.88 Å². The van der Waals surface area contributed by atoms with Crippen molar-refractivity contribution in [1.82, 2.24) is 4.98 Å². The Morgan fingerprint density at radius 2 is 1.64 bits per heavy atom. The molecule has 3 rings (SSSR count). The second-order valence-corrected chi connectivity index (χ2v) is 7.00. The first-order chi connectivity index (χ1) is 11.8. The van der Waals surface area contributed by atoms with Crippen LogP contribution in [-0.4, -0.2) is 23.7 Å². The maximum Gasteiger partial charge on any atom is 0.414 e. The highest BCUT2D eigenvalue weighted by atomic mass is 16.6. The van der Waals surface area contributed by atoms with Gasteiger partial charge >= 0.3 is 6.09 Å². The zero-order chi connectivity index (χ0) is 18.0. The summed E-state index contributed by atoms with van der Waals surface area (Å²) in [6.45, 7) is 5.56. The lowest BCUT2D eigenvalue weighted by atomic mass is 10.1. The second kappa shape index (κ2) is 6.55. The zero-order valence-electron chi connectivity index (χ0n) is 15.0. The molecule has 0 aliphatic heterocycles. The minimum atomic E-state index is -0.514. The van der Waals surface area contributed by atoms with E-state index in [2.05, 4.69) is 17.1 Å². The largest absolute Gasteiger partial charge is 0.443 e. The second-order valence-electron chi connectivity index (χ2n) is 7.00. The Kier molecular flexibility index (Phi) is 4.45. The Bertz CT molecular complexity index is 896. The Hall–Kier alpha value is -2.88. The van der Waals surface area contributed by atoms with Crippen molar-refractivity contribution in [2.75, 3.05) is 11.9 Å². The fraction of sp³-hybridized carbons (Fsp3) is 0.238. The Morgan fingerprint density at radius 3 is 2.28 bits per heavy atom. The van der Waals surface area contributed by atoms with Crippen LogP contribution < -0.4 is 4.90 Å². The summed E-state index contributed by atoms with van der Waals surface area (Å²) < 4.78 is 5.39. The fourth-order valence-electron chi connectivity index (χ4n) is 2.53. The van der Waals surface area contributed by atoms with E-state index < -0.39 is 5.60 Å². The van der Waals surface area contributed by atoms with Crippen LogP contribution in [0.5, 0.6) is 0 Å². The molecule has 3 aromatic rings. The van der Waals surface area contributed by atoms with E-state index in [1.807, 2.05) is 69.4 Å². The van der Waals surface area contributed by atoms with Gasteiger partial charge in [-0.1, -0.05) is 36.4 Å². The molecule has 0 N–H and O–H groups in total. The van der Waals surface area contributed by atoms with Gasteiger partial charge in [-0.25, -0.2) is 4.79 Å². The molecule has 4 nitrogen and oxygen atoms in total. The highest BCUT2D eigenvalue weighted by Gasteiger charge is 2.20. The van der Waals surface area contributed by atoms with Gasteiger partial charge in [0.1, 0.15) is 5.60 Å². The van der Waals surface area contributed by atoms with Gasteiger partial charge in [0, 0.05) is 29.9 Å². The van der Waals surface area contributed by atoms with E-state index in [0.29, 0.717) is 0 Å². The molecule has 0 fully saturated rings. The third kappa shape index (κ3) is 3.97. The predicted molar refractivity (Wildman–Crippen MR) is 102 cm³/mol. The van der Waals surface area contributed by atoms with E-state index in [1.54, 1.807) is 7.05 Å². The first-order valence-corrected chi connectivity index (χ1v) is 8.25. The number of rotatable bonds is 2. The van der Waals surface area contributed by atoms with Crippen molar-refractivity contribution in [3.05, 3.63) is 60.8 Å². The number of ether oxygens (including phenoxy) is 1. The van der Waals surface area contributed by atoms with Crippen LogP contribution in [0.1, 0.15) is 20.8 Å². The summed E-state index contributed by atoms with van der Waals surface area (Å²) in [6, 6.07) is 17.9. The van der Waals surface area contributed by atoms with Crippen molar-refractivity contribution in [2.45, 2.75) is 26.4 Å². The van der Waals surface area contributed by atoms with Gasteiger partial charge in [-0.2, -0.15) is 0 Å².